The van der Waals surface area contributed by atoms with Crippen LogP contribution in [0.2, 0.25) is 0 Å². The third-order valence-electron chi connectivity index (χ3n) is 5.44. The third-order valence-corrected chi connectivity index (χ3v) is 6.57. The zero-order valence-electron chi connectivity index (χ0n) is 21.7. The lowest BCUT2D eigenvalue weighted by atomic mass is 10.1. The number of esters is 1. The molecule has 0 bridgehead atoms. The summed E-state index contributed by atoms with van der Waals surface area (Å²) in [6.45, 7) is 8.65. The number of nitrogens with one attached hydrogen (secondary N) is 1. The zero-order chi connectivity index (χ0) is 27.5. The summed E-state index contributed by atoms with van der Waals surface area (Å²) in [5.41, 5.74) is 2.08. The molecule has 10 heteroatoms. The van der Waals surface area contributed by atoms with Gasteiger partial charge in [0.1, 0.15) is 11.4 Å². The minimum absolute atomic E-state index is 0.100. The van der Waals surface area contributed by atoms with Gasteiger partial charge in [-0.1, -0.05) is 12.1 Å². The van der Waals surface area contributed by atoms with Crippen molar-refractivity contribution in [3.63, 3.8) is 0 Å². The average molecular weight is 531 g/mol. The summed E-state index contributed by atoms with van der Waals surface area (Å²) in [6.07, 6.45) is 0.330. The molecule has 0 aliphatic heterocycles. The lowest BCUT2D eigenvalue weighted by Crippen LogP contribution is -2.39. The van der Waals surface area contributed by atoms with E-state index in [1.165, 1.54) is 24.3 Å². The largest absolute Gasteiger partial charge is 0.464 e. The monoisotopic (exact) mass is 530 g/mol. The number of alkyl carbamates (subject to hydrolysis) is 1. The van der Waals surface area contributed by atoms with Crippen LogP contribution in [0.3, 0.4) is 0 Å². The Bertz CT molecular complexity index is 1390. The minimum Gasteiger partial charge on any atom is -0.464 e. The van der Waals surface area contributed by atoms with Crippen molar-refractivity contribution < 1.29 is 31.9 Å². The summed E-state index contributed by atoms with van der Waals surface area (Å²) < 4.78 is 50.0. The number of rotatable bonds is 7. The van der Waals surface area contributed by atoms with Gasteiger partial charge < -0.3 is 19.4 Å². The van der Waals surface area contributed by atoms with E-state index in [1.807, 2.05) is 0 Å². The molecule has 0 aliphatic rings. The number of hydrogen-bond acceptors (Lipinski definition) is 6. The van der Waals surface area contributed by atoms with Crippen molar-refractivity contribution in [1.82, 2.24) is 9.88 Å². The molecule has 37 heavy (non-hydrogen) atoms. The van der Waals surface area contributed by atoms with Gasteiger partial charge in [-0.05, 0) is 82.6 Å². The molecule has 3 aromatic rings. The molecule has 2 aromatic carbocycles. The summed E-state index contributed by atoms with van der Waals surface area (Å²) >= 11 is 0. The van der Waals surface area contributed by atoms with Crippen LogP contribution in [0.4, 0.5) is 9.18 Å². The number of amides is 1. The Labute approximate surface area is 216 Å². The van der Waals surface area contributed by atoms with E-state index < -0.39 is 39.4 Å². The number of ether oxygens (including phenoxy) is 2. The van der Waals surface area contributed by atoms with Crippen molar-refractivity contribution >= 4 is 21.9 Å². The predicted octanol–water partition coefficient (Wildman–Crippen LogP) is 5.12. The first-order valence-electron chi connectivity index (χ1n) is 11.7. The predicted molar refractivity (Wildman–Crippen MR) is 138 cm³/mol. The maximum Gasteiger partial charge on any atom is 0.408 e. The third kappa shape index (κ3) is 6.76. The second-order valence-electron chi connectivity index (χ2n) is 9.51. The van der Waals surface area contributed by atoms with Crippen LogP contribution in [0.25, 0.3) is 16.9 Å². The highest BCUT2D eigenvalue weighted by molar-refractivity contribution is 7.90. The maximum absolute atomic E-state index is 13.7. The van der Waals surface area contributed by atoms with Crippen LogP contribution in [0.5, 0.6) is 0 Å². The molecule has 0 saturated heterocycles. The van der Waals surface area contributed by atoms with Gasteiger partial charge in [-0.2, -0.15) is 0 Å². The number of sulfone groups is 1. The van der Waals surface area contributed by atoms with Gasteiger partial charge in [-0.15, -0.1) is 0 Å². The Kier molecular flexibility index (Phi) is 8.12. The van der Waals surface area contributed by atoms with E-state index >= 15 is 0 Å². The topological polar surface area (TPSA) is 104 Å². The molecule has 1 unspecified atom stereocenters. The van der Waals surface area contributed by atoms with Crippen LogP contribution >= 0.6 is 0 Å². The Morgan fingerprint density at radius 2 is 1.65 bits per heavy atom. The van der Waals surface area contributed by atoms with Gasteiger partial charge in [0, 0.05) is 23.2 Å². The van der Waals surface area contributed by atoms with Crippen LogP contribution in [0.15, 0.2) is 59.5 Å². The fraction of sp³-hybridized carbons (Fsp3) is 0.333. The molecule has 0 aliphatic carbocycles. The van der Waals surface area contributed by atoms with E-state index in [9.17, 15) is 22.4 Å². The molecule has 0 saturated carbocycles. The molecule has 0 fully saturated rings. The highest BCUT2D eigenvalue weighted by Gasteiger charge is 2.31. The second kappa shape index (κ2) is 10.8. The first kappa shape index (κ1) is 27.9. The van der Waals surface area contributed by atoms with Crippen LogP contribution in [0.1, 0.15) is 45.0 Å². The van der Waals surface area contributed by atoms with Crippen molar-refractivity contribution in [2.75, 3.05) is 12.9 Å². The lowest BCUT2D eigenvalue weighted by Gasteiger charge is -2.23. The molecule has 0 spiro atoms. The first-order chi connectivity index (χ1) is 17.2. The van der Waals surface area contributed by atoms with Gasteiger partial charge >= 0.3 is 12.1 Å². The van der Waals surface area contributed by atoms with Crippen LogP contribution in [-0.2, 0) is 24.1 Å². The number of carbonyl (C=O) groups is 2. The van der Waals surface area contributed by atoms with E-state index in [-0.39, 0.29) is 11.5 Å². The lowest BCUT2D eigenvalue weighted by molar-refractivity contribution is -0.145. The minimum atomic E-state index is -3.40. The quantitative estimate of drug-likeness (QED) is 0.425. The van der Waals surface area contributed by atoms with Gasteiger partial charge in [0.05, 0.1) is 17.2 Å². The molecule has 8 nitrogen and oxygen atoms in total. The SMILES string of the molecule is CCOC(=O)C(NC(=O)OC(C)(C)C)c1cc(-c2ccc(S(C)(=O)=O)cc2)n(-c2ccc(F)cc2)c1C. The van der Waals surface area contributed by atoms with Crippen LogP contribution in [-0.4, -0.2) is 43.5 Å². The van der Waals surface area contributed by atoms with Crippen LogP contribution in [0, 0.1) is 12.7 Å². The smallest absolute Gasteiger partial charge is 0.408 e. The molecule has 3 rings (SSSR count). The van der Waals surface area contributed by atoms with E-state index in [4.69, 9.17) is 9.47 Å². The Hall–Kier alpha value is -3.66. The zero-order valence-corrected chi connectivity index (χ0v) is 22.5. The van der Waals surface area contributed by atoms with E-state index in [0.717, 1.165) is 6.26 Å². The normalized spacial score (nSPS) is 12.6. The van der Waals surface area contributed by atoms with Gasteiger partial charge in [-0.25, -0.2) is 22.4 Å². The molecular formula is C27H31FN2O6S. The van der Waals surface area contributed by atoms with Gasteiger partial charge in [0.15, 0.2) is 15.9 Å². The average Bonchev–Trinajstić information content (AvgIpc) is 3.13. The highest BCUT2D eigenvalue weighted by atomic mass is 32.2. The Balaban J connectivity index is 2.20. The molecule has 1 N–H and O–H groups in total. The maximum atomic E-state index is 13.7. The van der Waals surface area contributed by atoms with Gasteiger partial charge in [0.25, 0.3) is 0 Å². The van der Waals surface area contributed by atoms with E-state index in [1.54, 1.807) is 69.5 Å². The fourth-order valence-electron chi connectivity index (χ4n) is 3.84. The molecule has 0 radical (unpaired) electrons. The molecule has 1 heterocycles. The summed E-state index contributed by atoms with van der Waals surface area (Å²) in [5.74, 6) is -1.09. The summed E-state index contributed by atoms with van der Waals surface area (Å²) in [6, 6.07) is 12.6. The fourth-order valence-corrected chi connectivity index (χ4v) is 4.47. The number of halogens is 1. The second-order valence-corrected chi connectivity index (χ2v) is 11.5. The van der Waals surface area contributed by atoms with Crippen molar-refractivity contribution in [3.8, 4) is 16.9 Å². The number of nitrogens with zero attached hydrogens (tertiary/aromatic N) is 1. The first-order valence-corrected chi connectivity index (χ1v) is 13.5. The van der Waals surface area contributed by atoms with E-state index in [2.05, 4.69) is 5.32 Å². The molecule has 1 amide bonds. The Morgan fingerprint density at radius 1 is 1.05 bits per heavy atom. The molecule has 1 aromatic heterocycles. The van der Waals surface area contributed by atoms with Crippen molar-refractivity contribution in [3.05, 3.63) is 71.7 Å². The number of benzene rings is 2. The van der Waals surface area contributed by atoms with Gasteiger partial charge in [0.2, 0.25) is 0 Å². The van der Waals surface area contributed by atoms with Crippen molar-refractivity contribution in [2.24, 2.45) is 0 Å². The molecule has 1 atom stereocenters. The summed E-state index contributed by atoms with van der Waals surface area (Å²) in [5, 5.41) is 2.61. The number of carbonyl (C=O) groups excluding carboxylic acids is 2. The molecule has 198 valence electrons. The van der Waals surface area contributed by atoms with Crippen molar-refractivity contribution in [1.29, 1.82) is 0 Å². The summed E-state index contributed by atoms with van der Waals surface area (Å²) in [4.78, 5) is 25.7. The van der Waals surface area contributed by atoms with Crippen molar-refractivity contribution in [2.45, 2.75) is 51.2 Å². The highest BCUT2D eigenvalue weighted by Crippen LogP contribution is 2.34. The number of hydrogen-bond donors (Lipinski definition) is 1. The summed E-state index contributed by atoms with van der Waals surface area (Å²) in [7, 11) is -3.40. The number of aromatic nitrogens is 1. The van der Waals surface area contributed by atoms with E-state index in [0.29, 0.717) is 28.2 Å². The Morgan fingerprint density at radius 3 is 2.16 bits per heavy atom. The standard InChI is InChI=1S/C27H31FN2O6S/c1-7-35-25(31)24(29-26(32)36-27(3,4)5)22-16-23(18-8-14-21(15-9-18)37(6,33)34)30(17(22)2)20-12-10-19(28)11-13-20/h8-16,24H,7H2,1-6H3,(H,29,32). The van der Waals surface area contributed by atoms with Gasteiger partial charge in [-0.3, -0.25) is 0 Å². The van der Waals surface area contributed by atoms with Crippen LogP contribution < -0.4 is 5.32 Å². The molecular weight excluding hydrogens is 499 g/mol.